The summed E-state index contributed by atoms with van der Waals surface area (Å²) in [5, 5.41) is 13.6. The highest BCUT2D eigenvalue weighted by molar-refractivity contribution is 7.47. The van der Waals surface area contributed by atoms with Crippen molar-refractivity contribution in [1.29, 1.82) is 0 Å². The number of phosphoric ester groups is 1. The Bertz CT molecular complexity index is 1030. The summed E-state index contributed by atoms with van der Waals surface area (Å²) < 4.78 is 23.3. The van der Waals surface area contributed by atoms with Crippen molar-refractivity contribution in [3.05, 3.63) is 60.8 Å². The van der Waals surface area contributed by atoms with E-state index in [1.807, 2.05) is 21.1 Å². The number of carbonyl (C=O) groups excluding carboxylic acids is 1. The number of amides is 1. The second-order valence-electron chi connectivity index (χ2n) is 15.0. The largest absolute Gasteiger partial charge is 0.472 e. The van der Waals surface area contributed by atoms with Gasteiger partial charge in [0.1, 0.15) is 13.2 Å². The number of aliphatic hydroxyl groups excluding tert-OH is 1. The molecule has 1 amide bonds. The summed E-state index contributed by atoms with van der Waals surface area (Å²) in [6.07, 6.45) is 44.8. The van der Waals surface area contributed by atoms with Crippen LogP contribution in [0.4, 0.5) is 0 Å². The Kier molecular flexibility index (Phi) is 33.7. The average molecular weight is 752 g/mol. The maximum atomic E-state index is 12.7. The lowest BCUT2D eigenvalue weighted by molar-refractivity contribution is -0.870. The van der Waals surface area contributed by atoms with Crippen LogP contribution in [0.5, 0.6) is 0 Å². The molecule has 0 bridgehead atoms. The molecular weight excluding hydrogens is 671 g/mol. The van der Waals surface area contributed by atoms with E-state index in [0.29, 0.717) is 23.9 Å². The summed E-state index contributed by atoms with van der Waals surface area (Å²) in [5.74, 6) is -0.164. The standard InChI is InChI=1S/C43H79N2O6P/c1-6-8-10-11-12-13-14-15-16-17-18-19-20-21-22-23-24-25-26-27-28-29-30-31-32-33-35-37-43(47)44-41(42(46)36-34-9-7-2)40-51-52(48,49)50-39-38-45(3,4)5/h8,10,12-13,15-16,18-19,21-22,41-42,46H,6-7,9,11,14,17,20,23-40H2,1-5H3,(H-,44,47,48,49)/p+1/b10-8-,13-12-,16-15-,19-18-,22-21-. The number of carbonyl (C=O) groups is 1. The Morgan fingerprint density at radius 2 is 1.15 bits per heavy atom. The second kappa shape index (κ2) is 34.9. The van der Waals surface area contributed by atoms with Gasteiger partial charge in [-0.3, -0.25) is 13.8 Å². The smallest absolute Gasteiger partial charge is 0.391 e. The van der Waals surface area contributed by atoms with Crippen LogP contribution in [0.1, 0.15) is 155 Å². The number of hydrogen-bond acceptors (Lipinski definition) is 5. The van der Waals surface area contributed by atoms with Crippen LogP contribution in [-0.4, -0.2) is 73.4 Å². The van der Waals surface area contributed by atoms with E-state index in [2.05, 4.69) is 79.9 Å². The lowest BCUT2D eigenvalue weighted by Crippen LogP contribution is -2.46. The molecule has 0 radical (unpaired) electrons. The molecule has 3 atom stereocenters. The van der Waals surface area contributed by atoms with E-state index in [4.69, 9.17) is 9.05 Å². The van der Waals surface area contributed by atoms with Crippen LogP contribution < -0.4 is 5.32 Å². The number of quaternary nitrogens is 1. The number of allylic oxidation sites excluding steroid dienone is 10. The van der Waals surface area contributed by atoms with Crippen LogP contribution in [0.25, 0.3) is 0 Å². The van der Waals surface area contributed by atoms with Gasteiger partial charge in [-0.1, -0.05) is 152 Å². The fourth-order valence-corrected chi connectivity index (χ4v) is 6.22. The summed E-state index contributed by atoms with van der Waals surface area (Å²) in [5.41, 5.74) is 0. The van der Waals surface area contributed by atoms with Crippen molar-refractivity contribution in [3.63, 3.8) is 0 Å². The van der Waals surface area contributed by atoms with Crippen LogP contribution in [0.15, 0.2) is 60.8 Å². The van der Waals surface area contributed by atoms with Crippen molar-refractivity contribution < 1.29 is 32.9 Å². The normalized spacial score (nSPS) is 15.1. The highest BCUT2D eigenvalue weighted by Gasteiger charge is 2.28. The molecule has 0 saturated carbocycles. The quantitative estimate of drug-likeness (QED) is 0.0255. The minimum Gasteiger partial charge on any atom is -0.391 e. The third-order valence-electron chi connectivity index (χ3n) is 8.78. The molecule has 0 aromatic rings. The van der Waals surface area contributed by atoms with Gasteiger partial charge in [0.2, 0.25) is 5.91 Å². The fourth-order valence-electron chi connectivity index (χ4n) is 5.48. The Hall–Kier alpha value is -1.80. The molecule has 0 aliphatic carbocycles. The third-order valence-corrected chi connectivity index (χ3v) is 9.76. The number of rotatable bonds is 36. The predicted octanol–water partition coefficient (Wildman–Crippen LogP) is 11.1. The minimum atomic E-state index is -4.29. The number of nitrogens with one attached hydrogen (secondary N) is 1. The monoisotopic (exact) mass is 752 g/mol. The van der Waals surface area contributed by atoms with Crippen molar-refractivity contribution in [2.24, 2.45) is 0 Å². The fraction of sp³-hybridized carbons (Fsp3) is 0.744. The zero-order chi connectivity index (χ0) is 38.6. The number of phosphoric acid groups is 1. The Morgan fingerprint density at radius 3 is 1.65 bits per heavy atom. The van der Waals surface area contributed by atoms with E-state index in [1.54, 1.807) is 0 Å². The van der Waals surface area contributed by atoms with Gasteiger partial charge in [0.25, 0.3) is 0 Å². The molecule has 3 N–H and O–H groups in total. The van der Waals surface area contributed by atoms with Gasteiger partial charge in [-0.2, -0.15) is 0 Å². The molecule has 0 aromatic heterocycles. The van der Waals surface area contributed by atoms with Gasteiger partial charge in [-0.25, -0.2) is 4.57 Å². The Labute approximate surface area is 320 Å². The lowest BCUT2D eigenvalue weighted by atomic mass is 10.0. The summed E-state index contributed by atoms with van der Waals surface area (Å²) >= 11 is 0. The molecule has 0 spiro atoms. The maximum absolute atomic E-state index is 12.7. The van der Waals surface area contributed by atoms with Gasteiger partial charge in [0, 0.05) is 6.42 Å². The third kappa shape index (κ3) is 36.6. The molecule has 0 heterocycles. The maximum Gasteiger partial charge on any atom is 0.472 e. The van der Waals surface area contributed by atoms with Crippen LogP contribution in [0.3, 0.4) is 0 Å². The number of likely N-dealkylation sites (N-methyl/N-ethyl adjacent to an activating group) is 1. The molecule has 3 unspecified atom stereocenters. The van der Waals surface area contributed by atoms with Gasteiger partial charge < -0.3 is 19.8 Å². The molecule has 0 aromatic carbocycles. The molecule has 9 heteroatoms. The van der Waals surface area contributed by atoms with E-state index in [1.165, 1.54) is 57.8 Å². The van der Waals surface area contributed by atoms with E-state index in [-0.39, 0.29) is 19.1 Å². The molecule has 0 aliphatic rings. The molecule has 0 fully saturated rings. The first kappa shape index (κ1) is 50.2. The van der Waals surface area contributed by atoms with E-state index < -0.39 is 20.0 Å². The molecule has 52 heavy (non-hydrogen) atoms. The Balaban J connectivity index is 3.93. The van der Waals surface area contributed by atoms with Gasteiger partial charge >= 0.3 is 7.82 Å². The topological polar surface area (TPSA) is 105 Å². The lowest BCUT2D eigenvalue weighted by Gasteiger charge is -2.26. The Morgan fingerprint density at radius 1 is 0.673 bits per heavy atom. The van der Waals surface area contributed by atoms with Crippen molar-refractivity contribution in [2.45, 2.75) is 167 Å². The highest BCUT2D eigenvalue weighted by Crippen LogP contribution is 2.43. The summed E-state index contributed by atoms with van der Waals surface area (Å²) in [6.45, 7) is 4.58. The zero-order valence-corrected chi connectivity index (χ0v) is 34.9. The SMILES string of the molecule is CC/C=C\C/C=C\C/C=C\C/C=C\C/C=C\CCCCCCCCCCCCCC(=O)NC(COP(=O)(O)OCC[N+](C)(C)C)C(O)CCCCC. The first-order valence-corrected chi connectivity index (χ1v) is 22.1. The zero-order valence-electron chi connectivity index (χ0n) is 34.0. The van der Waals surface area contributed by atoms with Crippen molar-refractivity contribution in [2.75, 3.05) is 40.9 Å². The van der Waals surface area contributed by atoms with E-state index in [9.17, 15) is 19.4 Å². The average Bonchev–Trinajstić information content (AvgIpc) is 3.09. The number of hydrogen-bond donors (Lipinski definition) is 3. The summed E-state index contributed by atoms with van der Waals surface area (Å²) in [7, 11) is 1.60. The molecule has 0 saturated heterocycles. The van der Waals surface area contributed by atoms with Crippen LogP contribution >= 0.6 is 7.82 Å². The predicted molar refractivity (Wildman–Crippen MR) is 221 cm³/mol. The summed E-state index contributed by atoms with van der Waals surface area (Å²) in [4.78, 5) is 22.8. The first-order valence-electron chi connectivity index (χ1n) is 20.7. The van der Waals surface area contributed by atoms with Crippen molar-refractivity contribution in [3.8, 4) is 0 Å². The number of nitrogens with zero attached hydrogens (tertiary/aromatic N) is 1. The van der Waals surface area contributed by atoms with E-state index in [0.717, 1.165) is 70.6 Å². The molecular formula is C43H80N2O6P+. The van der Waals surface area contributed by atoms with Gasteiger partial charge in [0.05, 0.1) is 39.9 Å². The van der Waals surface area contributed by atoms with Crippen LogP contribution in [0.2, 0.25) is 0 Å². The van der Waals surface area contributed by atoms with Crippen LogP contribution in [-0.2, 0) is 18.4 Å². The minimum absolute atomic E-state index is 0.0698. The first-order chi connectivity index (χ1) is 25.0. The number of unbranched alkanes of at least 4 members (excludes halogenated alkanes) is 13. The van der Waals surface area contributed by atoms with E-state index >= 15 is 0 Å². The molecule has 8 nitrogen and oxygen atoms in total. The van der Waals surface area contributed by atoms with Crippen molar-refractivity contribution >= 4 is 13.7 Å². The van der Waals surface area contributed by atoms with Crippen molar-refractivity contribution in [1.82, 2.24) is 5.32 Å². The van der Waals surface area contributed by atoms with Gasteiger partial charge in [0.15, 0.2) is 0 Å². The molecule has 0 rings (SSSR count). The van der Waals surface area contributed by atoms with Gasteiger partial charge in [-0.05, 0) is 57.8 Å². The molecule has 0 aliphatic heterocycles. The second-order valence-corrected chi connectivity index (χ2v) is 16.4. The van der Waals surface area contributed by atoms with Crippen LogP contribution in [0, 0.1) is 0 Å². The molecule has 302 valence electrons. The number of aliphatic hydroxyl groups is 1. The summed E-state index contributed by atoms with van der Waals surface area (Å²) in [6, 6.07) is -0.759. The highest BCUT2D eigenvalue weighted by atomic mass is 31.2. The van der Waals surface area contributed by atoms with Gasteiger partial charge in [-0.15, -0.1) is 0 Å².